The zero-order valence-corrected chi connectivity index (χ0v) is 13.6. The second kappa shape index (κ2) is 6.87. The van der Waals surface area contributed by atoms with Crippen LogP contribution in [0.25, 0.3) is 0 Å². The van der Waals surface area contributed by atoms with E-state index in [0.29, 0.717) is 17.9 Å². The minimum atomic E-state index is -3.56. The van der Waals surface area contributed by atoms with Crippen molar-refractivity contribution in [1.29, 1.82) is 0 Å². The summed E-state index contributed by atoms with van der Waals surface area (Å²) in [6.07, 6.45) is 2.55. The van der Waals surface area contributed by atoms with E-state index in [4.69, 9.17) is 4.74 Å². The van der Waals surface area contributed by atoms with E-state index in [2.05, 4.69) is 20.2 Å². The Hall–Kier alpha value is -0.960. The van der Waals surface area contributed by atoms with Crippen LogP contribution in [0, 0.1) is 6.92 Å². The molecule has 120 valence electrons. The quantitative estimate of drug-likeness (QED) is 0.687. The molecule has 0 spiro atoms. The van der Waals surface area contributed by atoms with Crippen LogP contribution >= 0.6 is 0 Å². The summed E-state index contributed by atoms with van der Waals surface area (Å²) in [5.74, 6) is 0. The third-order valence-electron chi connectivity index (χ3n) is 3.81. The summed E-state index contributed by atoms with van der Waals surface area (Å²) in [6.45, 7) is 4.89. The molecule has 2 rings (SSSR count). The summed E-state index contributed by atoms with van der Waals surface area (Å²) in [7, 11) is -1.90. The predicted molar refractivity (Wildman–Crippen MR) is 79.5 cm³/mol. The fourth-order valence-corrected chi connectivity index (χ4v) is 4.38. The third kappa shape index (κ3) is 3.82. The Labute approximate surface area is 125 Å². The number of H-pyrrole nitrogens is 1. The van der Waals surface area contributed by atoms with Crippen molar-refractivity contribution in [3.8, 4) is 0 Å². The molecule has 8 heteroatoms. The molecular weight excluding hydrogens is 292 g/mol. The van der Waals surface area contributed by atoms with Crippen molar-refractivity contribution < 1.29 is 13.2 Å². The van der Waals surface area contributed by atoms with Gasteiger partial charge in [-0.15, -0.1) is 0 Å². The lowest BCUT2D eigenvalue weighted by atomic mass is 10.3. The topological polar surface area (TPSA) is 96.1 Å². The van der Waals surface area contributed by atoms with Crippen LogP contribution in [0.5, 0.6) is 0 Å². The Balaban J connectivity index is 2.14. The van der Waals surface area contributed by atoms with Gasteiger partial charge in [0.1, 0.15) is 4.90 Å². The van der Waals surface area contributed by atoms with Gasteiger partial charge in [-0.3, -0.25) is 5.10 Å². The highest BCUT2D eigenvalue weighted by Gasteiger charge is 2.31. The lowest BCUT2D eigenvalue weighted by Crippen LogP contribution is -2.34. The maximum absolute atomic E-state index is 12.6. The van der Waals surface area contributed by atoms with Crippen LogP contribution < -0.4 is 10.0 Å². The first-order valence-corrected chi connectivity index (χ1v) is 8.76. The molecule has 1 aliphatic carbocycles. The summed E-state index contributed by atoms with van der Waals surface area (Å²) in [6, 6.07) is -0.0683. The van der Waals surface area contributed by atoms with Crippen molar-refractivity contribution in [2.75, 3.05) is 13.7 Å². The number of hydrogen-bond acceptors (Lipinski definition) is 5. The predicted octanol–water partition coefficient (Wildman–Crippen LogP) is 0.673. The van der Waals surface area contributed by atoms with Crippen LogP contribution in [0.4, 0.5) is 0 Å². The van der Waals surface area contributed by atoms with E-state index in [1.807, 2.05) is 6.92 Å². The first-order chi connectivity index (χ1) is 9.97. The molecule has 21 heavy (non-hydrogen) atoms. The Morgan fingerprint density at radius 2 is 2.19 bits per heavy atom. The largest absolute Gasteiger partial charge is 0.381 e. The number of nitrogens with one attached hydrogen (secondary N) is 3. The number of aromatic amines is 1. The summed E-state index contributed by atoms with van der Waals surface area (Å²) >= 11 is 0. The molecule has 2 unspecified atom stereocenters. The number of aryl methyl sites for hydroxylation is 1. The van der Waals surface area contributed by atoms with Crippen LogP contribution in [-0.4, -0.2) is 44.4 Å². The molecule has 1 saturated carbocycles. The molecule has 1 aliphatic rings. The van der Waals surface area contributed by atoms with Crippen molar-refractivity contribution in [1.82, 2.24) is 20.2 Å². The smallest absolute Gasteiger partial charge is 0.244 e. The average Bonchev–Trinajstić information content (AvgIpc) is 3.02. The zero-order chi connectivity index (χ0) is 15.5. The summed E-state index contributed by atoms with van der Waals surface area (Å²) in [5, 5.41) is 9.96. The van der Waals surface area contributed by atoms with Crippen LogP contribution in [0.3, 0.4) is 0 Å². The second-order valence-electron chi connectivity index (χ2n) is 5.39. The Morgan fingerprint density at radius 1 is 1.43 bits per heavy atom. The molecule has 1 aromatic heterocycles. The van der Waals surface area contributed by atoms with Crippen molar-refractivity contribution in [3.05, 3.63) is 11.4 Å². The van der Waals surface area contributed by atoms with Crippen LogP contribution in [0.1, 0.15) is 37.6 Å². The maximum atomic E-state index is 12.6. The van der Waals surface area contributed by atoms with Crippen molar-refractivity contribution in [2.45, 2.75) is 56.7 Å². The van der Waals surface area contributed by atoms with Crippen molar-refractivity contribution in [2.24, 2.45) is 0 Å². The number of hydrogen-bond donors (Lipinski definition) is 3. The highest BCUT2D eigenvalue weighted by molar-refractivity contribution is 7.89. The molecule has 1 heterocycles. The molecule has 7 nitrogen and oxygen atoms in total. The molecule has 2 atom stereocenters. The van der Waals surface area contributed by atoms with E-state index in [1.165, 1.54) is 0 Å². The lowest BCUT2D eigenvalue weighted by molar-refractivity contribution is 0.107. The molecule has 0 bridgehead atoms. The average molecular weight is 316 g/mol. The number of rotatable bonds is 7. The van der Waals surface area contributed by atoms with Crippen molar-refractivity contribution in [3.63, 3.8) is 0 Å². The molecule has 1 aromatic rings. The van der Waals surface area contributed by atoms with Crippen molar-refractivity contribution >= 4 is 10.0 Å². The van der Waals surface area contributed by atoms with Gasteiger partial charge in [0.05, 0.1) is 17.5 Å². The van der Waals surface area contributed by atoms with Gasteiger partial charge in [0.2, 0.25) is 10.0 Å². The minimum Gasteiger partial charge on any atom is -0.381 e. The van der Waals surface area contributed by atoms with Gasteiger partial charge < -0.3 is 10.1 Å². The van der Waals surface area contributed by atoms with Crippen LogP contribution in [0.2, 0.25) is 0 Å². The Bertz CT molecular complexity index is 570. The van der Waals surface area contributed by atoms with Gasteiger partial charge >= 0.3 is 0 Å². The fourth-order valence-electron chi connectivity index (χ4n) is 2.73. The zero-order valence-electron chi connectivity index (χ0n) is 12.8. The fraction of sp³-hybridized carbons (Fsp3) is 0.769. The van der Waals surface area contributed by atoms with Gasteiger partial charge in [-0.1, -0.05) is 6.92 Å². The Morgan fingerprint density at radius 3 is 2.81 bits per heavy atom. The lowest BCUT2D eigenvalue weighted by Gasteiger charge is -2.14. The SMILES string of the molecule is CCNCc1n[nH]c(C)c1S(=O)(=O)NC1CCC(OC)C1. The number of sulfonamides is 1. The first-order valence-electron chi connectivity index (χ1n) is 7.27. The van der Waals surface area contributed by atoms with Gasteiger partial charge in [-0.25, -0.2) is 13.1 Å². The highest BCUT2D eigenvalue weighted by Crippen LogP contribution is 2.24. The van der Waals surface area contributed by atoms with Crippen LogP contribution in [0.15, 0.2) is 4.90 Å². The number of methoxy groups -OCH3 is 1. The van der Waals surface area contributed by atoms with E-state index in [-0.39, 0.29) is 17.0 Å². The standard InChI is InChI=1S/C13H24N4O3S/c1-4-14-8-12-13(9(2)15-16-12)21(18,19)17-10-5-6-11(7-10)20-3/h10-11,14,17H,4-8H2,1-3H3,(H,15,16). The summed E-state index contributed by atoms with van der Waals surface area (Å²) in [4.78, 5) is 0.268. The van der Waals surface area contributed by atoms with Gasteiger partial charge in [-0.2, -0.15) is 5.10 Å². The third-order valence-corrected chi connectivity index (χ3v) is 5.54. The number of nitrogens with zero attached hydrogens (tertiary/aromatic N) is 1. The number of aromatic nitrogens is 2. The van der Waals surface area contributed by atoms with E-state index in [9.17, 15) is 8.42 Å². The Kier molecular flexibility index (Phi) is 5.37. The highest BCUT2D eigenvalue weighted by atomic mass is 32.2. The molecular formula is C13H24N4O3S. The molecule has 3 N–H and O–H groups in total. The molecule has 0 aliphatic heterocycles. The van der Waals surface area contributed by atoms with Gasteiger partial charge in [0.25, 0.3) is 0 Å². The van der Waals surface area contributed by atoms with E-state index >= 15 is 0 Å². The van der Waals surface area contributed by atoms with Gasteiger partial charge in [-0.05, 0) is 32.7 Å². The van der Waals surface area contributed by atoms with E-state index in [0.717, 1.165) is 25.8 Å². The normalized spacial score (nSPS) is 22.8. The minimum absolute atomic E-state index is 0.0683. The molecule has 0 saturated heterocycles. The van der Waals surface area contributed by atoms with E-state index in [1.54, 1.807) is 14.0 Å². The molecule has 0 radical (unpaired) electrons. The van der Waals surface area contributed by atoms with Gasteiger partial charge in [0.15, 0.2) is 0 Å². The second-order valence-corrected chi connectivity index (χ2v) is 7.04. The maximum Gasteiger partial charge on any atom is 0.244 e. The summed E-state index contributed by atoms with van der Waals surface area (Å²) in [5.41, 5.74) is 1.10. The molecule has 0 amide bonds. The van der Waals surface area contributed by atoms with E-state index < -0.39 is 10.0 Å². The number of ether oxygens (including phenoxy) is 1. The van der Waals surface area contributed by atoms with Crippen LogP contribution in [-0.2, 0) is 21.3 Å². The molecule has 1 fully saturated rings. The van der Waals surface area contributed by atoms with Gasteiger partial charge in [0, 0.05) is 19.7 Å². The molecule has 0 aromatic carbocycles. The summed E-state index contributed by atoms with van der Waals surface area (Å²) < 4.78 is 33.3. The first kappa shape index (κ1) is 16.4. The monoisotopic (exact) mass is 316 g/mol.